The van der Waals surface area contributed by atoms with Crippen LogP contribution in [0.25, 0.3) is 0 Å². The van der Waals surface area contributed by atoms with E-state index in [-0.39, 0.29) is 11.8 Å². The van der Waals surface area contributed by atoms with E-state index in [0.29, 0.717) is 13.0 Å². The predicted octanol–water partition coefficient (Wildman–Crippen LogP) is 2.71. The van der Waals surface area contributed by atoms with Crippen molar-refractivity contribution in [2.75, 3.05) is 6.54 Å². The Labute approximate surface area is 103 Å². The van der Waals surface area contributed by atoms with E-state index in [4.69, 9.17) is 6.42 Å². The molecule has 0 spiro atoms. The molecule has 1 unspecified atom stereocenters. The SMILES string of the molecule is C#CCCCNC(=O)C(CC)c1ccccc1. The molecule has 0 bridgehead atoms. The number of terminal acetylenes is 1. The summed E-state index contributed by atoms with van der Waals surface area (Å²) >= 11 is 0. The van der Waals surface area contributed by atoms with Crippen LogP contribution in [0.5, 0.6) is 0 Å². The lowest BCUT2D eigenvalue weighted by atomic mass is 9.96. The van der Waals surface area contributed by atoms with Gasteiger partial charge in [0.15, 0.2) is 0 Å². The molecule has 0 aliphatic heterocycles. The highest BCUT2D eigenvalue weighted by atomic mass is 16.1. The number of hydrogen-bond acceptors (Lipinski definition) is 1. The molecule has 0 aliphatic carbocycles. The van der Waals surface area contributed by atoms with E-state index in [9.17, 15) is 4.79 Å². The fourth-order valence-corrected chi connectivity index (χ4v) is 1.78. The molecule has 1 aromatic carbocycles. The van der Waals surface area contributed by atoms with Crippen molar-refractivity contribution >= 4 is 5.91 Å². The number of nitrogens with one attached hydrogen (secondary N) is 1. The van der Waals surface area contributed by atoms with Crippen molar-refractivity contribution in [3.05, 3.63) is 35.9 Å². The number of rotatable bonds is 6. The highest BCUT2D eigenvalue weighted by Crippen LogP contribution is 2.18. The molecule has 2 nitrogen and oxygen atoms in total. The second kappa shape index (κ2) is 7.51. The molecule has 1 N–H and O–H groups in total. The Kier molecular flexibility index (Phi) is 5.88. The van der Waals surface area contributed by atoms with E-state index in [2.05, 4.69) is 11.2 Å². The van der Waals surface area contributed by atoms with Crippen LogP contribution in [0.3, 0.4) is 0 Å². The maximum atomic E-state index is 12.0. The zero-order chi connectivity index (χ0) is 12.5. The molecule has 1 amide bonds. The molecule has 17 heavy (non-hydrogen) atoms. The molecular weight excluding hydrogens is 210 g/mol. The van der Waals surface area contributed by atoms with Crippen molar-refractivity contribution in [1.29, 1.82) is 0 Å². The minimum absolute atomic E-state index is 0.0537. The first-order valence-corrected chi connectivity index (χ1v) is 6.05. The van der Waals surface area contributed by atoms with E-state index in [1.165, 1.54) is 0 Å². The lowest BCUT2D eigenvalue weighted by Crippen LogP contribution is -2.29. The van der Waals surface area contributed by atoms with E-state index in [1.54, 1.807) is 0 Å². The molecule has 0 saturated heterocycles. The van der Waals surface area contributed by atoms with Crippen LogP contribution in [0.1, 0.15) is 37.7 Å². The Morgan fingerprint density at radius 3 is 2.71 bits per heavy atom. The number of hydrogen-bond donors (Lipinski definition) is 1. The fraction of sp³-hybridized carbons (Fsp3) is 0.400. The van der Waals surface area contributed by atoms with Gasteiger partial charge in [0, 0.05) is 13.0 Å². The Balaban J connectivity index is 2.51. The zero-order valence-corrected chi connectivity index (χ0v) is 10.3. The molecule has 0 aromatic heterocycles. The van der Waals surface area contributed by atoms with Gasteiger partial charge in [0.05, 0.1) is 5.92 Å². The summed E-state index contributed by atoms with van der Waals surface area (Å²) in [5.74, 6) is 2.60. The topological polar surface area (TPSA) is 29.1 Å². The Morgan fingerprint density at radius 2 is 2.12 bits per heavy atom. The third kappa shape index (κ3) is 4.32. The van der Waals surface area contributed by atoms with Crippen LogP contribution in [0, 0.1) is 12.3 Å². The molecule has 1 atom stereocenters. The smallest absolute Gasteiger partial charge is 0.227 e. The largest absolute Gasteiger partial charge is 0.356 e. The third-order valence-electron chi connectivity index (χ3n) is 2.72. The van der Waals surface area contributed by atoms with E-state index >= 15 is 0 Å². The maximum absolute atomic E-state index is 12.0. The first kappa shape index (κ1) is 13.3. The van der Waals surface area contributed by atoms with Gasteiger partial charge in [-0.3, -0.25) is 4.79 Å². The molecule has 0 aliphatic rings. The second-order valence-electron chi connectivity index (χ2n) is 3.97. The van der Waals surface area contributed by atoms with Crippen LogP contribution < -0.4 is 5.32 Å². The minimum atomic E-state index is -0.0537. The van der Waals surface area contributed by atoms with Crippen molar-refractivity contribution in [1.82, 2.24) is 5.32 Å². The van der Waals surface area contributed by atoms with Gasteiger partial charge >= 0.3 is 0 Å². The van der Waals surface area contributed by atoms with Crippen molar-refractivity contribution < 1.29 is 4.79 Å². The zero-order valence-electron chi connectivity index (χ0n) is 10.3. The van der Waals surface area contributed by atoms with Crippen molar-refractivity contribution in [3.8, 4) is 12.3 Å². The first-order valence-electron chi connectivity index (χ1n) is 6.05. The summed E-state index contributed by atoms with van der Waals surface area (Å²) in [4.78, 5) is 12.0. The standard InChI is InChI=1S/C15H19NO/c1-3-5-9-12-16-15(17)14(4-2)13-10-7-6-8-11-13/h1,6-8,10-11,14H,4-5,9,12H2,2H3,(H,16,17). The molecule has 1 aromatic rings. The van der Waals surface area contributed by atoms with E-state index in [0.717, 1.165) is 18.4 Å². The van der Waals surface area contributed by atoms with E-state index < -0.39 is 0 Å². The lowest BCUT2D eigenvalue weighted by molar-refractivity contribution is -0.122. The third-order valence-corrected chi connectivity index (χ3v) is 2.72. The Bertz CT molecular complexity index is 378. The molecule has 0 fully saturated rings. The number of unbranched alkanes of at least 4 members (excludes halogenated alkanes) is 1. The molecule has 0 saturated carbocycles. The summed E-state index contributed by atoms with van der Waals surface area (Å²) in [6.45, 7) is 2.69. The van der Waals surface area contributed by atoms with Gasteiger partial charge in [-0.2, -0.15) is 0 Å². The van der Waals surface area contributed by atoms with Gasteiger partial charge in [-0.25, -0.2) is 0 Å². The van der Waals surface area contributed by atoms with E-state index in [1.807, 2.05) is 37.3 Å². The summed E-state index contributed by atoms with van der Waals surface area (Å²) in [6, 6.07) is 9.87. The van der Waals surface area contributed by atoms with Crippen LogP contribution in [0.15, 0.2) is 30.3 Å². The van der Waals surface area contributed by atoms with Crippen molar-refractivity contribution in [2.24, 2.45) is 0 Å². The Hall–Kier alpha value is -1.75. The average Bonchev–Trinajstić information content (AvgIpc) is 2.37. The molecule has 90 valence electrons. The lowest BCUT2D eigenvalue weighted by Gasteiger charge is -2.15. The van der Waals surface area contributed by atoms with Gasteiger partial charge in [-0.15, -0.1) is 12.3 Å². The van der Waals surface area contributed by atoms with Crippen LogP contribution in [-0.4, -0.2) is 12.5 Å². The van der Waals surface area contributed by atoms with Gasteiger partial charge in [0.2, 0.25) is 5.91 Å². The van der Waals surface area contributed by atoms with Crippen molar-refractivity contribution in [2.45, 2.75) is 32.1 Å². The fourth-order valence-electron chi connectivity index (χ4n) is 1.78. The monoisotopic (exact) mass is 229 g/mol. The maximum Gasteiger partial charge on any atom is 0.227 e. The summed E-state index contributed by atoms with van der Waals surface area (Å²) < 4.78 is 0. The van der Waals surface area contributed by atoms with Crippen LogP contribution in [0.4, 0.5) is 0 Å². The molecule has 1 rings (SSSR count). The summed E-state index contributed by atoms with van der Waals surface area (Å²) in [5.41, 5.74) is 1.07. The van der Waals surface area contributed by atoms with Crippen LogP contribution in [0.2, 0.25) is 0 Å². The number of carbonyl (C=O) groups is 1. The van der Waals surface area contributed by atoms with Crippen LogP contribution in [-0.2, 0) is 4.79 Å². The quantitative estimate of drug-likeness (QED) is 0.590. The van der Waals surface area contributed by atoms with Crippen LogP contribution >= 0.6 is 0 Å². The second-order valence-corrected chi connectivity index (χ2v) is 3.97. The highest BCUT2D eigenvalue weighted by molar-refractivity contribution is 5.83. The normalized spacial score (nSPS) is 11.5. The van der Waals surface area contributed by atoms with Gasteiger partial charge in [-0.1, -0.05) is 37.3 Å². The summed E-state index contributed by atoms with van der Waals surface area (Å²) in [5, 5.41) is 2.93. The average molecular weight is 229 g/mol. The number of amides is 1. The molecule has 0 heterocycles. The molecule has 2 heteroatoms. The number of benzene rings is 1. The highest BCUT2D eigenvalue weighted by Gasteiger charge is 2.17. The Morgan fingerprint density at radius 1 is 1.41 bits per heavy atom. The first-order chi connectivity index (χ1) is 8.29. The van der Waals surface area contributed by atoms with Gasteiger partial charge in [0.1, 0.15) is 0 Å². The van der Waals surface area contributed by atoms with Gasteiger partial charge < -0.3 is 5.32 Å². The predicted molar refractivity (Wildman–Crippen MR) is 70.6 cm³/mol. The van der Waals surface area contributed by atoms with Gasteiger partial charge in [-0.05, 0) is 18.4 Å². The van der Waals surface area contributed by atoms with Gasteiger partial charge in [0.25, 0.3) is 0 Å². The molecule has 0 radical (unpaired) electrons. The summed E-state index contributed by atoms with van der Waals surface area (Å²) in [6.07, 6.45) is 7.52. The minimum Gasteiger partial charge on any atom is -0.356 e. The molecular formula is C15H19NO. The summed E-state index contributed by atoms with van der Waals surface area (Å²) in [7, 11) is 0. The van der Waals surface area contributed by atoms with Crippen molar-refractivity contribution in [3.63, 3.8) is 0 Å². The number of carbonyl (C=O) groups excluding carboxylic acids is 1.